The van der Waals surface area contributed by atoms with Gasteiger partial charge in [-0.2, -0.15) is 9.97 Å². The number of hydrogen-bond donors (Lipinski definition) is 2. The van der Waals surface area contributed by atoms with Gasteiger partial charge in [0.15, 0.2) is 11.6 Å². The molecule has 0 atom stereocenters. The zero-order chi connectivity index (χ0) is 11.5. The third-order valence-electron chi connectivity index (χ3n) is 1.75. The van der Waals surface area contributed by atoms with Crippen molar-refractivity contribution in [2.24, 2.45) is 0 Å². The minimum atomic E-state index is 0.149. The van der Waals surface area contributed by atoms with Crippen molar-refractivity contribution in [2.75, 3.05) is 11.1 Å². The van der Waals surface area contributed by atoms with E-state index in [1.807, 2.05) is 0 Å². The number of nitrogen functional groups attached to an aromatic ring is 1. The topological polar surface area (TPSA) is 103 Å². The molecule has 3 N–H and O–H groups in total. The van der Waals surface area contributed by atoms with E-state index in [0.717, 1.165) is 0 Å². The van der Waals surface area contributed by atoms with Crippen molar-refractivity contribution in [1.29, 1.82) is 0 Å². The van der Waals surface area contributed by atoms with E-state index in [0.29, 0.717) is 29.1 Å². The van der Waals surface area contributed by atoms with E-state index in [1.165, 1.54) is 6.20 Å². The Balaban J connectivity index is 2.07. The van der Waals surface area contributed by atoms with Gasteiger partial charge in [-0.1, -0.05) is 16.8 Å². The lowest BCUT2D eigenvalue weighted by molar-refractivity contribution is 0.388. The molecule has 0 bridgehead atoms. The van der Waals surface area contributed by atoms with Gasteiger partial charge in [-0.05, 0) is 0 Å². The molecule has 0 aliphatic heterocycles. The Hall–Kier alpha value is -1.89. The Kier molecular flexibility index (Phi) is 2.86. The summed E-state index contributed by atoms with van der Waals surface area (Å²) >= 11 is 5.86. The van der Waals surface area contributed by atoms with Crippen LogP contribution in [0.3, 0.4) is 0 Å². The van der Waals surface area contributed by atoms with E-state index in [2.05, 4.69) is 25.4 Å². The van der Waals surface area contributed by atoms with E-state index < -0.39 is 0 Å². The summed E-state index contributed by atoms with van der Waals surface area (Å²) in [6.45, 7) is 2.07. The van der Waals surface area contributed by atoms with Crippen LogP contribution in [-0.4, -0.2) is 20.1 Å². The summed E-state index contributed by atoms with van der Waals surface area (Å²) in [6.07, 6.45) is 1.42. The number of aryl methyl sites for hydroxylation is 1. The molecular weight excluding hydrogens is 232 g/mol. The summed E-state index contributed by atoms with van der Waals surface area (Å²) < 4.78 is 4.82. The van der Waals surface area contributed by atoms with Crippen LogP contribution in [0.4, 0.5) is 11.8 Å². The molecule has 2 heterocycles. The van der Waals surface area contributed by atoms with Gasteiger partial charge >= 0.3 is 0 Å². The highest BCUT2D eigenvalue weighted by Crippen LogP contribution is 2.18. The maximum absolute atomic E-state index is 5.86. The fourth-order valence-corrected chi connectivity index (χ4v) is 1.24. The normalized spacial score (nSPS) is 10.4. The number of nitrogens with one attached hydrogen (secondary N) is 1. The Morgan fingerprint density at radius 1 is 1.50 bits per heavy atom. The van der Waals surface area contributed by atoms with Crippen molar-refractivity contribution < 1.29 is 4.52 Å². The van der Waals surface area contributed by atoms with Crippen LogP contribution in [0, 0.1) is 6.92 Å². The lowest BCUT2D eigenvalue weighted by Gasteiger charge is -2.04. The van der Waals surface area contributed by atoms with E-state index in [4.69, 9.17) is 21.9 Å². The SMILES string of the molecule is Cc1nc(CNc2nc(N)ncc2Cl)no1. The molecule has 0 radical (unpaired) electrons. The van der Waals surface area contributed by atoms with Crippen LogP contribution in [0.2, 0.25) is 5.02 Å². The molecule has 0 saturated heterocycles. The first kappa shape index (κ1) is 10.6. The van der Waals surface area contributed by atoms with Gasteiger partial charge in [0.25, 0.3) is 0 Å². The van der Waals surface area contributed by atoms with E-state index in [9.17, 15) is 0 Å². The van der Waals surface area contributed by atoms with Crippen molar-refractivity contribution in [3.05, 3.63) is 22.9 Å². The standard InChI is InChI=1S/C8H9ClN6O/c1-4-13-6(15-16-4)3-11-7-5(9)2-12-8(10)14-7/h2H,3H2,1H3,(H3,10,11,12,14). The van der Waals surface area contributed by atoms with Crippen LogP contribution in [0.25, 0.3) is 0 Å². The Labute approximate surface area is 96.0 Å². The molecule has 0 saturated carbocycles. The first-order chi connectivity index (χ1) is 7.65. The summed E-state index contributed by atoms with van der Waals surface area (Å²) in [4.78, 5) is 11.7. The lowest BCUT2D eigenvalue weighted by Crippen LogP contribution is -2.06. The minimum Gasteiger partial charge on any atom is -0.368 e. The van der Waals surface area contributed by atoms with Crippen LogP contribution in [-0.2, 0) is 6.54 Å². The molecule has 0 unspecified atom stereocenters. The summed E-state index contributed by atoms with van der Waals surface area (Å²) in [7, 11) is 0. The number of hydrogen-bond acceptors (Lipinski definition) is 7. The molecule has 0 aromatic carbocycles. The molecular formula is C8H9ClN6O. The fourth-order valence-electron chi connectivity index (χ4n) is 1.08. The van der Waals surface area contributed by atoms with E-state index in [-0.39, 0.29) is 5.95 Å². The average molecular weight is 241 g/mol. The fraction of sp³-hybridized carbons (Fsp3) is 0.250. The Morgan fingerprint density at radius 3 is 3.00 bits per heavy atom. The van der Waals surface area contributed by atoms with Gasteiger partial charge in [-0.15, -0.1) is 0 Å². The summed E-state index contributed by atoms with van der Waals surface area (Å²) in [5, 5.41) is 7.04. The number of nitrogens with zero attached hydrogens (tertiary/aromatic N) is 4. The molecule has 84 valence electrons. The van der Waals surface area contributed by atoms with Crippen LogP contribution >= 0.6 is 11.6 Å². The summed E-state index contributed by atoms with van der Waals surface area (Å²) in [6, 6.07) is 0. The first-order valence-corrected chi connectivity index (χ1v) is 4.84. The molecule has 0 fully saturated rings. The van der Waals surface area contributed by atoms with Gasteiger partial charge in [-0.3, -0.25) is 0 Å². The second-order valence-electron chi connectivity index (χ2n) is 3.01. The van der Waals surface area contributed by atoms with Crippen molar-refractivity contribution in [1.82, 2.24) is 20.1 Å². The van der Waals surface area contributed by atoms with Crippen molar-refractivity contribution in [3.63, 3.8) is 0 Å². The largest absolute Gasteiger partial charge is 0.368 e. The van der Waals surface area contributed by atoms with Gasteiger partial charge in [-0.25, -0.2) is 4.98 Å². The van der Waals surface area contributed by atoms with E-state index in [1.54, 1.807) is 6.92 Å². The van der Waals surface area contributed by atoms with Gasteiger partial charge in [0, 0.05) is 6.92 Å². The number of nitrogens with two attached hydrogens (primary N) is 1. The highest BCUT2D eigenvalue weighted by atomic mass is 35.5. The zero-order valence-electron chi connectivity index (χ0n) is 8.44. The zero-order valence-corrected chi connectivity index (χ0v) is 9.19. The Morgan fingerprint density at radius 2 is 2.31 bits per heavy atom. The van der Waals surface area contributed by atoms with Crippen molar-refractivity contribution in [2.45, 2.75) is 13.5 Å². The summed E-state index contributed by atoms with van der Waals surface area (Å²) in [5.41, 5.74) is 5.43. The molecule has 7 nitrogen and oxygen atoms in total. The molecule has 0 amide bonds. The molecule has 0 aliphatic carbocycles. The molecule has 0 aliphatic rings. The maximum atomic E-state index is 5.86. The molecule has 16 heavy (non-hydrogen) atoms. The van der Waals surface area contributed by atoms with E-state index >= 15 is 0 Å². The number of rotatable bonds is 3. The van der Waals surface area contributed by atoms with Crippen LogP contribution in [0.15, 0.2) is 10.7 Å². The van der Waals surface area contributed by atoms with Crippen LogP contribution in [0.1, 0.15) is 11.7 Å². The first-order valence-electron chi connectivity index (χ1n) is 4.46. The molecule has 2 rings (SSSR count). The van der Waals surface area contributed by atoms with Crippen molar-refractivity contribution >= 4 is 23.4 Å². The minimum absolute atomic E-state index is 0.149. The maximum Gasteiger partial charge on any atom is 0.223 e. The molecule has 8 heteroatoms. The van der Waals surface area contributed by atoms with Gasteiger partial charge in [0.1, 0.15) is 5.02 Å². The quantitative estimate of drug-likeness (QED) is 0.825. The smallest absolute Gasteiger partial charge is 0.223 e. The second-order valence-corrected chi connectivity index (χ2v) is 3.42. The predicted octanol–water partition coefficient (Wildman–Crippen LogP) is 1.02. The van der Waals surface area contributed by atoms with Crippen LogP contribution in [0.5, 0.6) is 0 Å². The van der Waals surface area contributed by atoms with Crippen molar-refractivity contribution in [3.8, 4) is 0 Å². The third kappa shape index (κ3) is 2.37. The lowest BCUT2D eigenvalue weighted by atomic mass is 10.5. The highest BCUT2D eigenvalue weighted by molar-refractivity contribution is 6.32. The number of anilines is 2. The number of halogens is 1. The highest BCUT2D eigenvalue weighted by Gasteiger charge is 2.06. The monoisotopic (exact) mass is 240 g/mol. The predicted molar refractivity (Wildman–Crippen MR) is 57.8 cm³/mol. The second kappa shape index (κ2) is 4.31. The van der Waals surface area contributed by atoms with Gasteiger partial charge in [0.05, 0.1) is 12.7 Å². The van der Waals surface area contributed by atoms with Gasteiger partial charge < -0.3 is 15.6 Å². The molecule has 2 aromatic rings. The van der Waals surface area contributed by atoms with Gasteiger partial charge in [0.2, 0.25) is 11.8 Å². The summed E-state index contributed by atoms with van der Waals surface area (Å²) in [5.74, 6) is 1.61. The third-order valence-corrected chi connectivity index (χ3v) is 2.02. The Bertz CT molecular complexity index is 499. The average Bonchev–Trinajstić information content (AvgIpc) is 2.66. The molecule has 2 aromatic heterocycles. The van der Waals surface area contributed by atoms with Crippen LogP contribution < -0.4 is 11.1 Å². The number of aromatic nitrogens is 4. The molecule has 0 spiro atoms.